The van der Waals surface area contributed by atoms with Crippen molar-refractivity contribution in [3.05, 3.63) is 0 Å². The van der Waals surface area contributed by atoms with E-state index in [1.807, 2.05) is 13.8 Å². The van der Waals surface area contributed by atoms with Crippen molar-refractivity contribution < 1.29 is 29.1 Å². The van der Waals surface area contributed by atoms with Crippen LogP contribution in [0.4, 0.5) is 4.79 Å². The number of rotatable bonds is 10. The predicted octanol–water partition coefficient (Wildman–Crippen LogP) is 1.49. The van der Waals surface area contributed by atoms with Gasteiger partial charge in [0.05, 0.1) is 5.25 Å². The summed E-state index contributed by atoms with van der Waals surface area (Å²) >= 11 is 4.30. The number of aliphatic carboxylic acids is 1. The van der Waals surface area contributed by atoms with Crippen molar-refractivity contribution in [1.82, 2.24) is 20.4 Å². The smallest absolute Gasteiger partial charge is 0.327 e. The van der Waals surface area contributed by atoms with Crippen molar-refractivity contribution in [2.45, 2.75) is 84.2 Å². The molecule has 0 aromatic rings. The van der Waals surface area contributed by atoms with Crippen LogP contribution >= 0.6 is 12.6 Å². The van der Waals surface area contributed by atoms with Crippen molar-refractivity contribution in [3.8, 4) is 0 Å². The number of thiol groups is 1. The highest BCUT2D eigenvalue weighted by molar-refractivity contribution is 7.81. The molecule has 11 heteroatoms. The van der Waals surface area contributed by atoms with Crippen LogP contribution in [0, 0.1) is 11.3 Å². The molecule has 0 bridgehead atoms. The molecule has 0 spiro atoms. The summed E-state index contributed by atoms with van der Waals surface area (Å²) in [6.07, 6.45) is 0.405. The van der Waals surface area contributed by atoms with Crippen molar-refractivity contribution in [2.75, 3.05) is 13.6 Å². The normalized spacial score (nSPS) is 18.8. The molecule has 1 rings (SSSR count). The van der Waals surface area contributed by atoms with Crippen LogP contribution < -0.4 is 10.6 Å². The Bertz CT molecular complexity index is 792. The van der Waals surface area contributed by atoms with Gasteiger partial charge in [-0.25, -0.2) is 9.59 Å². The lowest BCUT2D eigenvalue weighted by atomic mass is 9.86. The molecule has 1 saturated heterocycles. The van der Waals surface area contributed by atoms with Gasteiger partial charge < -0.3 is 20.6 Å². The highest BCUT2D eigenvalue weighted by Gasteiger charge is 2.49. The fourth-order valence-corrected chi connectivity index (χ4v) is 3.61. The average molecular weight is 487 g/mol. The molecule has 3 atom stereocenters. The van der Waals surface area contributed by atoms with E-state index in [-0.39, 0.29) is 24.8 Å². The molecule has 1 aliphatic rings. The Labute approximate surface area is 201 Å². The number of carbonyl (C=O) groups excluding carboxylic acids is 4. The van der Waals surface area contributed by atoms with Gasteiger partial charge in [-0.3, -0.25) is 19.3 Å². The van der Waals surface area contributed by atoms with E-state index in [9.17, 15) is 29.1 Å². The first-order valence-electron chi connectivity index (χ1n) is 11.0. The molecule has 5 amide bonds. The van der Waals surface area contributed by atoms with Gasteiger partial charge in [0.25, 0.3) is 5.91 Å². The number of amides is 5. The van der Waals surface area contributed by atoms with Crippen molar-refractivity contribution >= 4 is 42.4 Å². The summed E-state index contributed by atoms with van der Waals surface area (Å²) in [5.74, 6) is -2.59. The highest BCUT2D eigenvalue weighted by Crippen LogP contribution is 2.26. The van der Waals surface area contributed by atoms with Gasteiger partial charge in [-0.2, -0.15) is 12.6 Å². The number of hydrogen-bond donors (Lipinski definition) is 4. The summed E-state index contributed by atoms with van der Waals surface area (Å²) in [6.45, 7) is 12.2. The fourth-order valence-electron chi connectivity index (χ4n) is 3.42. The number of carboxylic acid groups (broad SMARTS) is 1. The van der Waals surface area contributed by atoms with E-state index in [4.69, 9.17) is 0 Å². The summed E-state index contributed by atoms with van der Waals surface area (Å²) in [7, 11) is 1.54. The van der Waals surface area contributed by atoms with E-state index in [2.05, 4.69) is 23.3 Å². The topological polar surface area (TPSA) is 136 Å². The Kier molecular flexibility index (Phi) is 9.36. The monoisotopic (exact) mass is 486 g/mol. The maximum atomic E-state index is 12.8. The van der Waals surface area contributed by atoms with Crippen LogP contribution in [0.25, 0.3) is 0 Å². The van der Waals surface area contributed by atoms with Gasteiger partial charge in [-0.1, -0.05) is 34.6 Å². The number of imide groups is 1. The molecule has 1 fully saturated rings. The zero-order chi connectivity index (χ0) is 25.9. The van der Waals surface area contributed by atoms with Gasteiger partial charge in [0.1, 0.15) is 17.6 Å². The van der Waals surface area contributed by atoms with E-state index in [0.717, 1.165) is 4.90 Å². The number of nitrogens with zero attached hydrogens (tertiary/aromatic N) is 2. The van der Waals surface area contributed by atoms with Crippen LogP contribution in [0.1, 0.15) is 61.3 Å². The number of hydrogen-bond acceptors (Lipinski definition) is 6. The third-order valence-corrected chi connectivity index (χ3v) is 6.29. The molecular weight excluding hydrogens is 448 g/mol. The Morgan fingerprint density at radius 2 is 1.64 bits per heavy atom. The van der Waals surface area contributed by atoms with Crippen molar-refractivity contribution in [3.63, 3.8) is 0 Å². The van der Waals surface area contributed by atoms with E-state index < -0.39 is 52.1 Å². The lowest BCUT2D eigenvalue weighted by Gasteiger charge is -2.30. The molecule has 1 aliphatic heterocycles. The predicted molar refractivity (Wildman–Crippen MR) is 127 cm³/mol. The first-order valence-corrected chi connectivity index (χ1v) is 11.5. The number of urea groups is 1. The lowest BCUT2D eigenvalue weighted by Crippen LogP contribution is -2.56. The van der Waals surface area contributed by atoms with E-state index in [1.54, 1.807) is 41.7 Å². The summed E-state index contributed by atoms with van der Waals surface area (Å²) in [5.41, 5.74) is -1.69. The minimum absolute atomic E-state index is 0.0131. The largest absolute Gasteiger partial charge is 0.480 e. The van der Waals surface area contributed by atoms with Crippen molar-refractivity contribution in [1.29, 1.82) is 0 Å². The lowest BCUT2D eigenvalue weighted by molar-refractivity contribution is -0.145. The quantitative estimate of drug-likeness (QED) is 0.273. The molecule has 0 aromatic carbocycles. The van der Waals surface area contributed by atoms with Crippen LogP contribution in [0.5, 0.6) is 0 Å². The van der Waals surface area contributed by atoms with Gasteiger partial charge in [0.15, 0.2) is 0 Å². The molecule has 0 saturated carbocycles. The second kappa shape index (κ2) is 10.8. The fraction of sp³-hybridized carbons (Fsp3) is 0.773. The second-order valence-electron chi connectivity index (χ2n) is 10.5. The SMILES string of the molecule is CC(C)C[C@H](NC(=O)C(S)CCN1C(=O)N(C)C(C)(C)C1=O)C(=O)N[C@H](C(=O)O)C(C)(C)C. The van der Waals surface area contributed by atoms with Gasteiger partial charge in [0.2, 0.25) is 11.8 Å². The molecule has 1 unspecified atom stereocenters. The molecule has 0 aliphatic carbocycles. The van der Waals surface area contributed by atoms with Gasteiger partial charge in [-0.05, 0) is 38.0 Å². The number of carbonyl (C=O) groups is 5. The third kappa shape index (κ3) is 7.09. The molecule has 3 N–H and O–H groups in total. The minimum Gasteiger partial charge on any atom is -0.480 e. The van der Waals surface area contributed by atoms with Crippen molar-refractivity contribution in [2.24, 2.45) is 11.3 Å². The van der Waals surface area contributed by atoms with Crippen LogP contribution in [0.15, 0.2) is 0 Å². The van der Waals surface area contributed by atoms with Gasteiger partial charge in [-0.15, -0.1) is 0 Å². The van der Waals surface area contributed by atoms with Crippen LogP contribution in [0.2, 0.25) is 0 Å². The van der Waals surface area contributed by atoms with E-state index in [1.165, 1.54) is 4.90 Å². The summed E-state index contributed by atoms with van der Waals surface area (Å²) in [4.78, 5) is 64.5. The number of carboxylic acids is 1. The average Bonchev–Trinajstić information content (AvgIpc) is 2.81. The maximum absolute atomic E-state index is 12.8. The minimum atomic E-state index is -1.16. The molecule has 0 aromatic heterocycles. The molecule has 33 heavy (non-hydrogen) atoms. The number of nitrogens with one attached hydrogen (secondary N) is 2. The summed E-state index contributed by atoms with van der Waals surface area (Å²) in [5, 5.41) is 13.8. The van der Waals surface area contributed by atoms with Crippen LogP contribution in [0.3, 0.4) is 0 Å². The van der Waals surface area contributed by atoms with Gasteiger partial charge in [0, 0.05) is 13.6 Å². The number of likely N-dealkylation sites (N-methyl/N-ethyl adjacent to an activating group) is 1. The summed E-state index contributed by atoms with van der Waals surface area (Å²) < 4.78 is 0. The standard InChI is InChI=1S/C22H38N4O6S/c1-12(2)11-13(16(27)24-15(18(29)30)21(3,4)5)23-17(28)14(33)9-10-26-19(31)22(6,7)25(8)20(26)32/h12-15,33H,9-11H2,1-8H3,(H,23,28)(H,24,27)(H,29,30)/t13-,14?,15+/m0/s1. The molecule has 1 heterocycles. The Balaban J connectivity index is 2.84. The first-order chi connectivity index (χ1) is 14.9. The third-order valence-electron chi connectivity index (χ3n) is 5.79. The molecular formula is C22H38N4O6S. The van der Waals surface area contributed by atoms with Gasteiger partial charge >= 0.3 is 12.0 Å². The maximum Gasteiger partial charge on any atom is 0.327 e. The van der Waals surface area contributed by atoms with E-state index in [0.29, 0.717) is 6.42 Å². The Hall–Kier alpha value is -2.30. The summed E-state index contributed by atoms with van der Waals surface area (Å²) in [6, 6.07) is -2.52. The molecule has 10 nitrogen and oxygen atoms in total. The molecule has 188 valence electrons. The molecule has 0 radical (unpaired) electrons. The zero-order valence-electron chi connectivity index (χ0n) is 20.8. The van der Waals surface area contributed by atoms with E-state index >= 15 is 0 Å². The second-order valence-corrected chi connectivity index (χ2v) is 11.1. The Morgan fingerprint density at radius 3 is 2.03 bits per heavy atom. The van der Waals surface area contributed by atoms with Crippen LogP contribution in [-0.2, 0) is 19.2 Å². The Morgan fingerprint density at radius 1 is 1.09 bits per heavy atom. The zero-order valence-corrected chi connectivity index (χ0v) is 21.7. The highest BCUT2D eigenvalue weighted by atomic mass is 32.1. The van der Waals surface area contributed by atoms with Crippen LogP contribution in [-0.4, -0.2) is 81.1 Å². The first kappa shape index (κ1) is 28.7.